The maximum Gasteiger partial charge on any atom is 0.409 e. The number of amides is 1. The van der Waals surface area contributed by atoms with E-state index >= 15 is 0 Å². The van der Waals surface area contributed by atoms with Gasteiger partial charge in [0.15, 0.2) is 4.75 Å². The molecule has 2 aromatic carbocycles. The van der Waals surface area contributed by atoms with Crippen LogP contribution in [0.4, 0.5) is 13.2 Å². The molecular formula is C21H16Cl3F3N2O2S2. The van der Waals surface area contributed by atoms with Crippen molar-refractivity contribution < 1.29 is 22.2 Å². The van der Waals surface area contributed by atoms with Crippen molar-refractivity contribution in [1.82, 2.24) is 5.32 Å². The van der Waals surface area contributed by atoms with Crippen LogP contribution in [0.15, 0.2) is 34.7 Å². The number of halogens is 6. The first-order valence-electron chi connectivity index (χ1n) is 9.65. The number of nitrogens with one attached hydrogen (secondary N) is 1. The molecule has 1 atom stereocenters. The fourth-order valence-electron chi connectivity index (χ4n) is 3.69. The number of aryl methyl sites for hydroxylation is 1. The molecule has 0 radical (unpaired) electrons. The van der Waals surface area contributed by atoms with Crippen LogP contribution < -0.4 is 5.32 Å². The summed E-state index contributed by atoms with van der Waals surface area (Å²) >= 11 is 18.3. The van der Waals surface area contributed by atoms with Gasteiger partial charge in [-0.25, -0.2) is 4.40 Å². The van der Waals surface area contributed by atoms with Gasteiger partial charge in [0.05, 0.1) is 26.8 Å². The SMILES string of the molecule is Cc1cc(C2=NSC(c3cc(Cl)c(Cl)c(Cl)c3)(C(F)(F)F)C2)ccc1C(=O)NC1CS(=O)C1. The maximum atomic E-state index is 14.3. The first-order chi connectivity index (χ1) is 15.4. The third kappa shape index (κ3) is 4.67. The third-order valence-electron chi connectivity index (χ3n) is 5.55. The van der Waals surface area contributed by atoms with Gasteiger partial charge >= 0.3 is 6.18 Å². The Hall–Kier alpha value is -1.26. The van der Waals surface area contributed by atoms with Gasteiger partial charge in [0.1, 0.15) is 0 Å². The highest BCUT2D eigenvalue weighted by molar-refractivity contribution is 7.99. The molecule has 1 fully saturated rings. The normalized spacial score (nSPS) is 24.9. The molecule has 0 aliphatic carbocycles. The van der Waals surface area contributed by atoms with Crippen molar-refractivity contribution in [3.05, 3.63) is 67.7 Å². The molecule has 0 spiro atoms. The summed E-state index contributed by atoms with van der Waals surface area (Å²) in [6, 6.07) is 6.99. The highest BCUT2D eigenvalue weighted by Gasteiger charge is 2.60. The second-order valence-corrected chi connectivity index (χ2v) is 11.7. The number of rotatable bonds is 4. The Kier molecular flexibility index (Phi) is 6.83. The van der Waals surface area contributed by atoms with E-state index in [2.05, 4.69) is 9.71 Å². The van der Waals surface area contributed by atoms with Crippen molar-refractivity contribution in [2.45, 2.75) is 30.3 Å². The highest BCUT2D eigenvalue weighted by atomic mass is 35.5. The minimum absolute atomic E-state index is 0.0128. The van der Waals surface area contributed by atoms with Gasteiger partial charge in [-0.15, -0.1) is 0 Å². The van der Waals surface area contributed by atoms with Crippen LogP contribution in [0.1, 0.15) is 33.5 Å². The topological polar surface area (TPSA) is 58.5 Å². The third-order valence-corrected chi connectivity index (χ3v) is 9.53. The van der Waals surface area contributed by atoms with Crippen molar-refractivity contribution in [3.63, 3.8) is 0 Å². The van der Waals surface area contributed by atoms with E-state index < -0.39 is 28.1 Å². The Labute approximate surface area is 209 Å². The molecule has 0 saturated carbocycles. The van der Waals surface area contributed by atoms with Gasteiger partial charge < -0.3 is 5.32 Å². The van der Waals surface area contributed by atoms with E-state index in [1.807, 2.05) is 0 Å². The van der Waals surface area contributed by atoms with Crippen LogP contribution in [0.2, 0.25) is 15.1 Å². The van der Waals surface area contributed by atoms with Crippen molar-refractivity contribution in [2.75, 3.05) is 11.5 Å². The Bertz CT molecular complexity index is 1170. The van der Waals surface area contributed by atoms with Crippen LogP contribution in [-0.2, 0) is 15.5 Å². The summed E-state index contributed by atoms with van der Waals surface area (Å²) < 4.78 is 55.9. The van der Waals surface area contributed by atoms with E-state index in [-0.39, 0.29) is 38.3 Å². The number of hydrogen-bond acceptors (Lipinski definition) is 4. The monoisotopic (exact) mass is 554 g/mol. The summed E-state index contributed by atoms with van der Waals surface area (Å²) in [5.74, 6) is 0.545. The Balaban J connectivity index is 1.60. The van der Waals surface area contributed by atoms with Gasteiger partial charge in [-0.05, 0) is 59.8 Å². The van der Waals surface area contributed by atoms with Gasteiger partial charge in [-0.3, -0.25) is 9.00 Å². The van der Waals surface area contributed by atoms with E-state index in [1.165, 1.54) is 12.1 Å². The number of alkyl halides is 3. The minimum atomic E-state index is -4.65. The average molecular weight is 556 g/mol. The summed E-state index contributed by atoms with van der Waals surface area (Å²) in [7, 11) is -0.889. The zero-order valence-corrected chi connectivity index (χ0v) is 20.8. The van der Waals surface area contributed by atoms with E-state index in [9.17, 15) is 22.2 Å². The Morgan fingerprint density at radius 1 is 1.18 bits per heavy atom. The standard InChI is InChI=1S/C21H16Cl3F3N2O2S2/c1-10-4-11(2-3-14(10)19(30)28-13-8-33(31)9-13)17-7-20(32-29-17,21(25,26)27)12-5-15(22)18(24)16(23)6-12/h2-6,13H,7-9H2,1H3,(H,28,30). The lowest BCUT2D eigenvalue weighted by Gasteiger charge is -2.30. The van der Waals surface area contributed by atoms with Gasteiger partial charge in [0.25, 0.3) is 5.91 Å². The molecule has 0 bridgehead atoms. The van der Waals surface area contributed by atoms with Crippen molar-refractivity contribution in [1.29, 1.82) is 0 Å². The molecule has 2 aliphatic heterocycles. The molecule has 12 heteroatoms. The van der Waals surface area contributed by atoms with Crippen molar-refractivity contribution >= 4 is 69.2 Å². The zero-order valence-electron chi connectivity index (χ0n) is 16.9. The molecule has 4 nitrogen and oxygen atoms in total. The van der Waals surface area contributed by atoms with Gasteiger partial charge in [0, 0.05) is 34.3 Å². The van der Waals surface area contributed by atoms with Crippen LogP contribution >= 0.6 is 46.8 Å². The van der Waals surface area contributed by atoms with Crippen LogP contribution in [0.5, 0.6) is 0 Å². The summed E-state index contributed by atoms with van der Waals surface area (Å²) in [6.45, 7) is 1.70. The molecule has 2 aliphatic rings. The van der Waals surface area contributed by atoms with Gasteiger partial charge in [0.2, 0.25) is 0 Å². The van der Waals surface area contributed by atoms with E-state index in [1.54, 1.807) is 25.1 Å². The maximum absolute atomic E-state index is 14.3. The summed E-state index contributed by atoms with van der Waals surface area (Å²) in [5.41, 5.74) is 1.59. The number of carbonyl (C=O) groups excluding carboxylic acids is 1. The predicted molar refractivity (Wildman–Crippen MR) is 128 cm³/mol. The molecule has 33 heavy (non-hydrogen) atoms. The van der Waals surface area contributed by atoms with Crippen LogP contribution in [-0.4, -0.2) is 39.6 Å². The molecule has 1 N–H and O–H groups in total. The second kappa shape index (κ2) is 9.07. The minimum Gasteiger partial charge on any atom is -0.347 e. The number of hydrogen-bond donors (Lipinski definition) is 1. The molecule has 2 aromatic rings. The highest BCUT2D eigenvalue weighted by Crippen LogP contribution is 2.57. The van der Waals surface area contributed by atoms with E-state index in [4.69, 9.17) is 34.8 Å². The molecule has 2 heterocycles. The molecular weight excluding hydrogens is 540 g/mol. The average Bonchev–Trinajstić information content (AvgIpc) is 3.17. The fourth-order valence-corrected chi connectivity index (χ4v) is 6.22. The molecule has 176 valence electrons. The largest absolute Gasteiger partial charge is 0.409 e. The summed E-state index contributed by atoms with van der Waals surface area (Å²) in [6.07, 6.45) is -5.09. The van der Waals surface area contributed by atoms with Gasteiger partial charge in [-0.1, -0.05) is 40.9 Å². The van der Waals surface area contributed by atoms with E-state index in [0.29, 0.717) is 40.1 Å². The molecule has 4 rings (SSSR count). The predicted octanol–water partition coefficient (Wildman–Crippen LogP) is 6.11. The smallest absolute Gasteiger partial charge is 0.347 e. The first-order valence-corrected chi connectivity index (χ1v) is 13.0. The Morgan fingerprint density at radius 3 is 2.36 bits per heavy atom. The lowest BCUT2D eigenvalue weighted by molar-refractivity contribution is -0.159. The van der Waals surface area contributed by atoms with E-state index in [0.717, 1.165) is 0 Å². The first kappa shape index (κ1) is 24.9. The molecule has 1 unspecified atom stereocenters. The fraction of sp³-hybridized carbons (Fsp3) is 0.333. The Morgan fingerprint density at radius 2 is 1.82 bits per heavy atom. The van der Waals surface area contributed by atoms with Crippen molar-refractivity contribution in [2.24, 2.45) is 4.40 Å². The van der Waals surface area contributed by atoms with Crippen molar-refractivity contribution in [3.8, 4) is 0 Å². The van der Waals surface area contributed by atoms with Crippen LogP contribution in [0.3, 0.4) is 0 Å². The molecule has 1 amide bonds. The quantitative estimate of drug-likeness (QED) is 0.366. The number of benzene rings is 2. The summed E-state index contributed by atoms with van der Waals surface area (Å²) in [4.78, 5) is 12.5. The van der Waals surface area contributed by atoms with Crippen LogP contribution in [0.25, 0.3) is 0 Å². The lowest BCUT2D eigenvalue weighted by atomic mass is 9.89. The van der Waals surface area contributed by atoms with Crippen LogP contribution in [0, 0.1) is 6.92 Å². The second-order valence-electron chi connectivity index (χ2n) is 7.86. The molecule has 0 aromatic heterocycles. The van der Waals surface area contributed by atoms with Gasteiger partial charge in [-0.2, -0.15) is 13.2 Å². The zero-order chi connectivity index (χ0) is 24.1. The molecule has 1 saturated heterocycles. The number of carbonyl (C=O) groups is 1. The lowest BCUT2D eigenvalue weighted by Crippen LogP contribution is -2.50. The number of nitrogens with zero attached hydrogens (tertiary/aromatic N) is 1. The summed E-state index contributed by atoms with van der Waals surface area (Å²) in [5, 5.41) is 2.66.